The van der Waals surface area contributed by atoms with E-state index in [0.717, 1.165) is 0 Å². The molecule has 2 aliphatic heterocycles. The molecular formula is C23H30O9. The third-order valence-electron chi connectivity index (χ3n) is 6.18. The zero-order valence-electron chi connectivity index (χ0n) is 19.1. The van der Waals surface area contributed by atoms with Gasteiger partial charge in [0.05, 0.1) is 11.2 Å². The van der Waals surface area contributed by atoms with Gasteiger partial charge in [0.1, 0.15) is 24.9 Å². The van der Waals surface area contributed by atoms with Crippen molar-refractivity contribution in [3.8, 4) is 0 Å². The van der Waals surface area contributed by atoms with E-state index in [9.17, 15) is 19.2 Å². The highest BCUT2D eigenvalue weighted by Gasteiger charge is 2.62. The Balaban J connectivity index is 2.05. The third-order valence-corrected chi connectivity index (χ3v) is 6.18. The van der Waals surface area contributed by atoms with Crippen LogP contribution in [0.5, 0.6) is 0 Å². The van der Waals surface area contributed by atoms with Crippen molar-refractivity contribution in [2.45, 2.75) is 83.9 Å². The number of hydrogen-bond acceptors (Lipinski definition) is 9. The van der Waals surface area contributed by atoms with Crippen LogP contribution in [0.2, 0.25) is 0 Å². The number of ether oxygens (including phenoxy) is 5. The summed E-state index contributed by atoms with van der Waals surface area (Å²) in [6.45, 7) is 11.2. The van der Waals surface area contributed by atoms with Crippen LogP contribution in [-0.4, -0.2) is 60.5 Å². The smallest absolute Gasteiger partial charge is 0.338 e. The minimum Gasteiger partial charge on any atom is -0.462 e. The Morgan fingerprint density at radius 3 is 2.44 bits per heavy atom. The average Bonchev–Trinajstić information content (AvgIpc) is 3.24. The summed E-state index contributed by atoms with van der Waals surface area (Å²) < 4.78 is 28.0. The van der Waals surface area contributed by atoms with Gasteiger partial charge in [-0.25, -0.2) is 9.59 Å². The molecule has 1 unspecified atom stereocenters. The first-order chi connectivity index (χ1) is 14.9. The summed E-state index contributed by atoms with van der Waals surface area (Å²) in [6.07, 6.45) is -1.10. The summed E-state index contributed by atoms with van der Waals surface area (Å²) in [5, 5.41) is 0. The van der Waals surface area contributed by atoms with E-state index in [1.807, 2.05) is 13.8 Å². The van der Waals surface area contributed by atoms with E-state index in [0.29, 0.717) is 18.4 Å². The zero-order valence-corrected chi connectivity index (χ0v) is 19.1. The predicted molar refractivity (Wildman–Crippen MR) is 110 cm³/mol. The maximum Gasteiger partial charge on any atom is 0.338 e. The zero-order chi connectivity index (χ0) is 23.8. The van der Waals surface area contributed by atoms with Crippen molar-refractivity contribution >= 4 is 23.9 Å². The fourth-order valence-electron chi connectivity index (χ4n) is 4.36. The minimum absolute atomic E-state index is 0.138. The van der Waals surface area contributed by atoms with Gasteiger partial charge in [0.15, 0.2) is 6.10 Å². The Morgan fingerprint density at radius 2 is 1.84 bits per heavy atom. The molecular weight excluding hydrogens is 420 g/mol. The number of hydrogen-bond donors (Lipinski definition) is 0. The van der Waals surface area contributed by atoms with Crippen LogP contribution in [0, 0.1) is 5.92 Å². The summed E-state index contributed by atoms with van der Waals surface area (Å²) >= 11 is 0. The highest BCUT2D eigenvalue weighted by molar-refractivity contribution is 5.94. The highest BCUT2D eigenvalue weighted by atomic mass is 16.7. The maximum absolute atomic E-state index is 12.7. The van der Waals surface area contributed by atoms with E-state index in [1.165, 1.54) is 20.8 Å². The number of carbonyl (C=O) groups is 4. The molecule has 0 bridgehead atoms. The van der Waals surface area contributed by atoms with Crippen LogP contribution < -0.4 is 0 Å². The molecule has 9 nitrogen and oxygen atoms in total. The molecule has 0 radical (unpaired) electrons. The second kappa shape index (κ2) is 9.05. The van der Waals surface area contributed by atoms with Gasteiger partial charge in [-0.3, -0.25) is 9.59 Å². The monoisotopic (exact) mass is 450 g/mol. The lowest BCUT2D eigenvalue weighted by Crippen LogP contribution is -2.38. The molecule has 1 saturated heterocycles. The third kappa shape index (κ3) is 5.03. The first-order valence-corrected chi connectivity index (χ1v) is 10.7. The van der Waals surface area contributed by atoms with Crippen molar-refractivity contribution in [1.29, 1.82) is 0 Å². The van der Waals surface area contributed by atoms with Crippen molar-refractivity contribution < 1.29 is 42.9 Å². The summed E-state index contributed by atoms with van der Waals surface area (Å²) in [5.41, 5.74) is 0.169. The van der Waals surface area contributed by atoms with Crippen LogP contribution in [0.4, 0.5) is 0 Å². The maximum atomic E-state index is 12.7. The fraction of sp³-hybridized carbons (Fsp3) is 0.652. The summed E-state index contributed by atoms with van der Waals surface area (Å²) in [6, 6.07) is 0. The second-order valence-electron chi connectivity index (χ2n) is 8.97. The quantitative estimate of drug-likeness (QED) is 0.269. The molecule has 0 amide bonds. The summed E-state index contributed by atoms with van der Waals surface area (Å²) in [4.78, 5) is 48.3. The lowest BCUT2D eigenvalue weighted by atomic mass is 9.82. The van der Waals surface area contributed by atoms with Gasteiger partial charge < -0.3 is 23.7 Å². The number of rotatable bonds is 5. The van der Waals surface area contributed by atoms with Gasteiger partial charge in [-0.1, -0.05) is 13.5 Å². The second-order valence-corrected chi connectivity index (χ2v) is 8.97. The number of fused-ring (bicyclic) bond motifs is 3. The minimum atomic E-state index is -0.874. The number of carbonyl (C=O) groups excluding carboxylic acids is 4. The molecule has 1 aliphatic carbocycles. The Labute approximate surface area is 187 Å². The van der Waals surface area contributed by atoms with Gasteiger partial charge in [-0.05, 0) is 39.0 Å². The van der Waals surface area contributed by atoms with Crippen molar-refractivity contribution in [2.75, 3.05) is 6.61 Å². The molecule has 9 heteroatoms. The van der Waals surface area contributed by atoms with Crippen LogP contribution >= 0.6 is 0 Å². The molecule has 3 aliphatic rings. The molecule has 32 heavy (non-hydrogen) atoms. The Morgan fingerprint density at radius 1 is 1.16 bits per heavy atom. The molecule has 176 valence electrons. The van der Waals surface area contributed by atoms with Crippen LogP contribution in [0.25, 0.3) is 0 Å². The van der Waals surface area contributed by atoms with Crippen molar-refractivity contribution in [3.05, 3.63) is 23.3 Å². The normalized spacial score (nSPS) is 33.9. The molecule has 0 N–H and O–H groups in total. The highest BCUT2D eigenvalue weighted by Crippen LogP contribution is 2.50. The number of esters is 4. The largest absolute Gasteiger partial charge is 0.462 e. The standard InChI is InChI=1S/C23H30O9/c1-11(2)21(26)30-17-9-12(3)16(29-14(5)25)7-8-23(6)20(32-23)19-18(17)15(22(27)31-19)10-28-13(4)24/h12,16-17,19-20H,1,7-10H2,2-6H3/t12-,16-,17?,19-,20+,23+/m0/s1. The molecule has 2 fully saturated rings. The van der Waals surface area contributed by atoms with Gasteiger partial charge in [-0.15, -0.1) is 0 Å². The molecule has 0 spiro atoms. The topological polar surface area (TPSA) is 118 Å². The SMILES string of the molecule is C=C(C)C(=O)OC1C[C@H](C)[C@@H](OC(C)=O)CC[C@@]2(C)O[C@@H]2[C@H]2OC(=O)C(COC(C)=O)=C12. The molecule has 0 aromatic heterocycles. The van der Waals surface area contributed by atoms with E-state index in [1.54, 1.807) is 0 Å². The predicted octanol–water partition coefficient (Wildman–Crippen LogP) is 2.17. The molecule has 6 atom stereocenters. The van der Waals surface area contributed by atoms with E-state index >= 15 is 0 Å². The van der Waals surface area contributed by atoms with E-state index in [4.69, 9.17) is 23.7 Å². The molecule has 0 aromatic carbocycles. The number of epoxide rings is 1. The molecule has 3 rings (SSSR count). The van der Waals surface area contributed by atoms with Crippen LogP contribution in [0.1, 0.15) is 53.9 Å². The Bertz CT molecular complexity index is 873. The van der Waals surface area contributed by atoms with Gasteiger partial charge in [-0.2, -0.15) is 0 Å². The first-order valence-electron chi connectivity index (χ1n) is 10.7. The molecule has 0 aromatic rings. The Hall–Kier alpha value is -2.68. The summed E-state index contributed by atoms with van der Waals surface area (Å²) in [7, 11) is 0. The van der Waals surface area contributed by atoms with E-state index in [2.05, 4.69) is 6.58 Å². The van der Waals surface area contributed by atoms with Gasteiger partial charge in [0.25, 0.3) is 0 Å². The van der Waals surface area contributed by atoms with E-state index in [-0.39, 0.29) is 30.1 Å². The van der Waals surface area contributed by atoms with Gasteiger partial charge in [0.2, 0.25) is 0 Å². The summed E-state index contributed by atoms with van der Waals surface area (Å²) in [5.74, 6) is -2.43. The van der Waals surface area contributed by atoms with E-state index < -0.39 is 53.9 Å². The van der Waals surface area contributed by atoms with Crippen LogP contribution in [0.3, 0.4) is 0 Å². The van der Waals surface area contributed by atoms with Crippen LogP contribution in [-0.2, 0) is 42.9 Å². The fourth-order valence-corrected chi connectivity index (χ4v) is 4.36. The van der Waals surface area contributed by atoms with Gasteiger partial charge >= 0.3 is 23.9 Å². The molecule has 2 heterocycles. The lowest BCUT2D eigenvalue weighted by Gasteiger charge is -2.31. The average molecular weight is 450 g/mol. The Kier molecular flexibility index (Phi) is 6.78. The lowest BCUT2D eigenvalue weighted by molar-refractivity contribution is -0.152. The van der Waals surface area contributed by atoms with Crippen molar-refractivity contribution in [2.24, 2.45) is 5.92 Å². The van der Waals surface area contributed by atoms with Gasteiger partial charge in [0, 0.05) is 25.0 Å². The molecule has 1 saturated carbocycles. The van der Waals surface area contributed by atoms with Crippen LogP contribution in [0.15, 0.2) is 23.3 Å². The van der Waals surface area contributed by atoms with Crippen molar-refractivity contribution in [3.63, 3.8) is 0 Å². The first kappa shape index (κ1) is 24.0. The van der Waals surface area contributed by atoms with Crippen molar-refractivity contribution in [1.82, 2.24) is 0 Å².